The number of rotatable bonds is 7. The van der Waals surface area contributed by atoms with Crippen LogP contribution in [0.25, 0.3) is 0 Å². The molecule has 0 aliphatic carbocycles. The first-order chi connectivity index (χ1) is 10.3. The standard InChI is InChI=1S/C14H17F3N2O3/c1-2-10-5-3-4-6-11(10)22-9-12(20)18-7-8-19-13(21)14(15,16)17/h3-6H,2,7-9H2,1H3,(H,18,20)(H,19,21). The largest absolute Gasteiger partial charge is 0.483 e. The fourth-order valence-corrected chi connectivity index (χ4v) is 1.61. The molecular weight excluding hydrogens is 301 g/mol. The van der Waals surface area contributed by atoms with Gasteiger partial charge in [-0.05, 0) is 18.1 Å². The van der Waals surface area contributed by atoms with Crippen LogP contribution in [0.4, 0.5) is 13.2 Å². The van der Waals surface area contributed by atoms with Gasteiger partial charge in [-0.2, -0.15) is 13.2 Å². The molecule has 0 atom stereocenters. The van der Waals surface area contributed by atoms with Gasteiger partial charge < -0.3 is 15.4 Å². The molecule has 122 valence electrons. The van der Waals surface area contributed by atoms with Gasteiger partial charge in [0.15, 0.2) is 6.61 Å². The van der Waals surface area contributed by atoms with Gasteiger partial charge in [0.1, 0.15) is 5.75 Å². The first-order valence-electron chi connectivity index (χ1n) is 6.67. The highest BCUT2D eigenvalue weighted by molar-refractivity contribution is 5.81. The smallest absolute Gasteiger partial charge is 0.471 e. The third-order valence-electron chi connectivity index (χ3n) is 2.70. The van der Waals surface area contributed by atoms with Crippen molar-refractivity contribution in [1.82, 2.24) is 10.6 Å². The lowest BCUT2D eigenvalue weighted by molar-refractivity contribution is -0.173. The molecule has 0 saturated carbocycles. The summed E-state index contributed by atoms with van der Waals surface area (Å²) in [5, 5.41) is 4.00. The summed E-state index contributed by atoms with van der Waals surface area (Å²) in [6.07, 6.45) is -4.17. The minimum Gasteiger partial charge on any atom is -0.483 e. The molecule has 2 N–H and O–H groups in total. The van der Waals surface area contributed by atoms with E-state index in [1.54, 1.807) is 17.4 Å². The molecule has 0 saturated heterocycles. The number of para-hydroxylation sites is 1. The zero-order valence-corrected chi connectivity index (χ0v) is 12.0. The number of carbonyl (C=O) groups is 2. The van der Waals surface area contributed by atoms with Gasteiger partial charge in [-0.25, -0.2) is 0 Å². The summed E-state index contributed by atoms with van der Waals surface area (Å²) < 4.78 is 41.0. The fourth-order valence-electron chi connectivity index (χ4n) is 1.61. The number of nitrogens with one attached hydrogen (secondary N) is 2. The highest BCUT2D eigenvalue weighted by Gasteiger charge is 2.38. The molecule has 2 amide bonds. The monoisotopic (exact) mass is 318 g/mol. The first-order valence-corrected chi connectivity index (χ1v) is 6.67. The predicted octanol–water partition coefficient (Wildman–Crippen LogP) is 1.42. The van der Waals surface area contributed by atoms with E-state index in [-0.39, 0.29) is 19.7 Å². The van der Waals surface area contributed by atoms with Gasteiger partial charge in [-0.15, -0.1) is 0 Å². The molecule has 0 heterocycles. The van der Waals surface area contributed by atoms with Gasteiger partial charge in [0, 0.05) is 13.1 Å². The number of benzene rings is 1. The van der Waals surface area contributed by atoms with Gasteiger partial charge in [0.05, 0.1) is 0 Å². The van der Waals surface area contributed by atoms with Crippen LogP contribution in [0.5, 0.6) is 5.75 Å². The predicted molar refractivity (Wildman–Crippen MR) is 73.4 cm³/mol. The Morgan fingerprint density at radius 2 is 1.77 bits per heavy atom. The third-order valence-corrected chi connectivity index (χ3v) is 2.70. The molecule has 22 heavy (non-hydrogen) atoms. The lowest BCUT2D eigenvalue weighted by atomic mass is 10.1. The van der Waals surface area contributed by atoms with Crippen LogP contribution < -0.4 is 15.4 Å². The first kappa shape index (κ1) is 17.8. The van der Waals surface area contributed by atoms with E-state index in [0.717, 1.165) is 12.0 Å². The van der Waals surface area contributed by atoms with E-state index in [1.165, 1.54) is 0 Å². The number of carbonyl (C=O) groups excluding carboxylic acids is 2. The maximum atomic E-state index is 11.9. The topological polar surface area (TPSA) is 67.4 Å². The quantitative estimate of drug-likeness (QED) is 0.747. The van der Waals surface area contributed by atoms with E-state index in [9.17, 15) is 22.8 Å². The number of halogens is 3. The number of hydrogen-bond acceptors (Lipinski definition) is 3. The zero-order valence-electron chi connectivity index (χ0n) is 12.0. The van der Waals surface area contributed by atoms with Gasteiger partial charge in [-0.3, -0.25) is 9.59 Å². The van der Waals surface area contributed by atoms with Crippen LogP contribution in [0.3, 0.4) is 0 Å². The zero-order chi connectivity index (χ0) is 16.6. The highest BCUT2D eigenvalue weighted by atomic mass is 19.4. The summed E-state index contributed by atoms with van der Waals surface area (Å²) in [5.41, 5.74) is 0.952. The summed E-state index contributed by atoms with van der Waals surface area (Å²) in [4.78, 5) is 22.0. The van der Waals surface area contributed by atoms with Crippen molar-refractivity contribution < 1.29 is 27.5 Å². The normalized spacial score (nSPS) is 10.9. The van der Waals surface area contributed by atoms with Crippen molar-refractivity contribution in [3.8, 4) is 5.75 Å². The molecule has 0 fully saturated rings. The molecule has 8 heteroatoms. The lowest BCUT2D eigenvalue weighted by Crippen LogP contribution is -2.41. The molecule has 0 unspecified atom stereocenters. The maximum Gasteiger partial charge on any atom is 0.471 e. The molecule has 0 aliphatic rings. The van der Waals surface area contributed by atoms with E-state index in [0.29, 0.717) is 5.75 Å². The van der Waals surface area contributed by atoms with E-state index in [2.05, 4.69) is 5.32 Å². The Balaban J connectivity index is 2.26. The second kappa shape index (κ2) is 8.26. The highest BCUT2D eigenvalue weighted by Crippen LogP contribution is 2.17. The van der Waals surface area contributed by atoms with Crippen molar-refractivity contribution in [1.29, 1.82) is 0 Å². The SMILES string of the molecule is CCc1ccccc1OCC(=O)NCCNC(=O)C(F)(F)F. The Morgan fingerprint density at radius 1 is 1.14 bits per heavy atom. The van der Waals surface area contributed by atoms with Crippen molar-refractivity contribution in [3.63, 3.8) is 0 Å². The van der Waals surface area contributed by atoms with Gasteiger partial charge in [0.25, 0.3) is 5.91 Å². The molecule has 0 spiro atoms. The molecule has 1 aromatic rings. The molecule has 0 radical (unpaired) electrons. The lowest BCUT2D eigenvalue weighted by Gasteiger charge is -2.11. The van der Waals surface area contributed by atoms with Crippen molar-refractivity contribution in [3.05, 3.63) is 29.8 Å². The van der Waals surface area contributed by atoms with Crippen LogP contribution in [0.15, 0.2) is 24.3 Å². The molecule has 5 nitrogen and oxygen atoms in total. The Hall–Kier alpha value is -2.25. The molecular formula is C14H17F3N2O3. The fraction of sp³-hybridized carbons (Fsp3) is 0.429. The minimum atomic E-state index is -4.92. The summed E-state index contributed by atoms with van der Waals surface area (Å²) in [5.74, 6) is -1.92. The van der Waals surface area contributed by atoms with Crippen molar-refractivity contribution >= 4 is 11.8 Å². The number of amides is 2. The van der Waals surface area contributed by atoms with Crippen LogP contribution >= 0.6 is 0 Å². The summed E-state index contributed by atoms with van der Waals surface area (Å²) >= 11 is 0. The molecule has 1 aromatic carbocycles. The second-order valence-electron chi connectivity index (χ2n) is 4.35. The van der Waals surface area contributed by atoms with Crippen molar-refractivity contribution in [2.45, 2.75) is 19.5 Å². The van der Waals surface area contributed by atoms with Crippen LogP contribution in [-0.4, -0.2) is 37.7 Å². The second-order valence-corrected chi connectivity index (χ2v) is 4.35. The average Bonchev–Trinajstić information content (AvgIpc) is 2.48. The summed E-state index contributed by atoms with van der Waals surface area (Å²) in [6.45, 7) is 1.28. The van der Waals surface area contributed by atoms with Crippen LogP contribution in [0.2, 0.25) is 0 Å². The molecule has 0 bridgehead atoms. The van der Waals surface area contributed by atoms with Gasteiger partial charge in [-0.1, -0.05) is 25.1 Å². The number of alkyl halides is 3. The molecule has 0 aliphatic heterocycles. The number of ether oxygens (including phenoxy) is 1. The maximum absolute atomic E-state index is 11.9. The Morgan fingerprint density at radius 3 is 2.41 bits per heavy atom. The molecule has 1 rings (SSSR count). The number of hydrogen-bond donors (Lipinski definition) is 2. The average molecular weight is 318 g/mol. The van der Waals surface area contributed by atoms with Gasteiger partial charge in [0.2, 0.25) is 0 Å². The third kappa shape index (κ3) is 6.02. The Labute approximate surface area is 125 Å². The van der Waals surface area contributed by atoms with Crippen LogP contribution in [0.1, 0.15) is 12.5 Å². The number of aryl methyl sites for hydroxylation is 1. The van der Waals surface area contributed by atoms with E-state index in [4.69, 9.17) is 4.74 Å². The van der Waals surface area contributed by atoms with Crippen molar-refractivity contribution in [2.24, 2.45) is 0 Å². The van der Waals surface area contributed by atoms with E-state index >= 15 is 0 Å². The Bertz CT molecular complexity index is 518. The minimum absolute atomic E-state index is 0.112. The summed E-state index contributed by atoms with van der Waals surface area (Å²) in [6, 6.07) is 7.24. The summed E-state index contributed by atoms with van der Waals surface area (Å²) in [7, 11) is 0. The van der Waals surface area contributed by atoms with Crippen molar-refractivity contribution in [2.75, 3.05) is 19.7 Å². The van der Waals surface area contributed by atoms with E-state index in [1.807, 2.05) is 19.1 Å². The van der Waals surface area contributed by atoms with Crippen LogP contribution in [0, 0.1) is 0 Å². The molecule has 0 aromatic heterocycles. The van der Waals surface area contributed by atoms with Crippen LogP contribution in [-0.2, 0) is 16.0 Å². The Kier molecular flexibility index (Phi) is 6.68. The van der Waals surface area contributed by atoms with E-state index < -0.39 is 18.0 Å². The van der Waals surface area contributed by atoms with Gasteiger partial charge >= 0.3 is 12.1 Å².